The average molecular weight is 449 g/mol. The van der Waals surface area contributed by atoms with E-state index in [2.05, 4.69) is 9.88 Å². The molecule has 7 nitrogen and oxygen atoms in total. The second-order valence-corrected chi connectivity index (χ2v) is 10.3. The van der Waals surface area contributed by atoms with E-state index in [-0.39, 0.29) is 4.21 Å². The minimum Gasteiger partial charge on any atom is -0.480 e. The van der Waals surface area contributed by atoms with E-state index < -0.39 is 27.4 Å². The number of nitrogens with one attached hydrogen (secondary N) is 1. The monoisotopic (exact) mass is 448 g/mol. The molecule has 2 atom stereocenters. The van der Waals surface area contributed by atoms with Crippen molar-refractivity contribution < 1.29 is 22.8 Å². The molecular weight excluding hydrogens is 424 g/mol. The lowest BCUT2D eigenvalue weighted by atomic mass is 9.83. The Hall–Kier alpha value is -2.49. The first-order chi connectivity index (χ1) is 14.2. The number of benzene rings is 1. The molecule has 0 amide bonds. The van der Waals surface area contributed by atoms with Crippen molar-refractivity contribution in [1.29, 1.82) is 0 Å². The van der Waals surface area contributed by atoms with Crippen LogP contribution in [0.15, 0.2) is 57.3 Å². The number of rotatable bonds is 9. The van der Waals surface area contributed by atoms with Crippen molar-refractivity contribution in [3.05, 3.63) is 59.9 Å². The zero-order valence-corrected chi connectivity index (χ0v) is 18.6. The van der Waals surface area contributed by atoms with Gasteiger partial charge in [-0.15, -0.1) is 11.3 Å². The van der Waals surface area contributed by atoms with Gasteiger partial charge in [0.2, 0.25) is 0 Å². The van der Waals surface area contributed by atoms with Gasteiger partial charge >= 0.3 is 5.97 Å². The predicted octanol–water partition coefficient (Wildman–Crippen LogP) is 4.28. The normalized spacial score (nSPS) is 14.9. The van der Waals surface area contributed by atoms with E-state index in [0.29, 0.717) is 10.6 Å². The van der Waals surface area contributed by atoms with Gasteiger partial charge in [0.15, 0.2) is 0 Å². The van der Waals surface area contributed by atoms with E-state index >= 15 is 0 Å². The lowest BCUT2D eigenvalue weighted by Crippen LogP contribution is -2.55. The van der Waals surface area contributed by atoms with Crippen LogP contribution in [-0.4, -0.2) is 30.2 Å². The number of carbonyl (C=O) groups is 1. The van der Waals surface area contributed by atoms with Crippen LogP contribution in [0.25, 0.3) is 10.6 Å². The molecule has 0 spiro atoms. The van der Waals surface area contributed by atoms with Crippen LogP contribution in [0.5, 0.6) is 0 Å². The van der Waals surface area contributed by atoms with Crippen molar-refractivity contribution in [3.8, 4) is 10.6 Å². The number of nitrogens with zero attached hydrogens (tertiary/aromatic N) is 1. The van der Waals surface area contributed by atoms with Crippen LogP contribution in [-0.2, 0) is 21.2 Å². The highest BCUT2D eigenvalue weighted by Crippen LogP contribution is 2.34. The Morgan fingerprint density at radius 1 is 1.27 bits per heavy atom. The third kappa shape index (κ3) is 4.48. The van der Waals surface area contributed by atoms with Gasteiger partial charge in [0.05, 0.1) is 4.88 Å². The predicted molar refractivity (Wildman–Crippen MR) is 115 cm³/mol. The van der Waals surface area contributed by atoms with Crippen LogP contribution in [0.1, 0.15) is 44.4 Å². The Morgan fingerprint density at radius 3 is 2.60 bits per heavy atom. The second kappa shape index (κ2) is 8.71. The van der Waals surface area contributed by atoms with Gasteiger partial charge < -0.3 is 9.63 Å². The SMILES string of the molecule is CCCc1cc(-c2ccc(S(=O)(=O)NC(C)(C(=O)O)[C@H](C)c3ccccc3)s2)no1. The first-order valence-corrected chi connectivity index (χ1v) is 11.9. The highest BCUT2D eigenvalue weighted by molar-refractivity contribution is 7.91. The molecule has 0 fully saturated rings. The number of hydrogen-bond donors (Lipinski definition) is 2. The maximum atomic E-state index is 13.0. The fourth-order valence-corrected chi connectivity index (χ4v) is 5.81. The fourth-order valence-electron chi connectivity index (χ4n) is 3.12. The van der Waals surface area contributed by atoms with Crippen LogP contribution in [0.2, 0.25) is 0 Å². The van der Waals surface area contributed by atoms with Crippen molar-refractivity contribution in [1.82, 2.24) is 9.88 Å². The summed E-state index contributed by atoms with van der Waals surface area (Å²) in [5.74, 6) is -1.11. The van der Waals surface area contributed by atoms with Crippen LogP contribution >= 0.6 is 11.3 Å². The third-order valence-corrected chi connectivity index (χ3v) is 8.28. The smallest absolute Gasteiger partial charge is 0.325 e. The first-order valence-electron chi connectivity index (χ1n) is 9.55. The number of thiophene rings is 1. The van der Waals surface area contributed by atoms with E-state index in [4.69, 9.17) is 4.52 Å². The molecular formula is C21H24N2O5S2. The highest BCUT2D eigenvalue weighted by atomic mass is 32.2. The minimum absolute atomic E-state index is 0.0188. The number of carboxylic acids is 1. The number of sulfonamides is 1. The topological polar surface area (TPSA) is 110 Å². The standard InChI is InChI=1S/C21H24N2O5S2/c1-4-8-16-13-17(22-28-16)18-11-12-19(29-18)30(26,27)23-21(3,20(24)25)14(2)15-9-6-5-7-10-15/h5-7,9-14,23H,4,8H2,1-3H3,(H,24,25)/t14-,21?/m1/s1. The molecule has 3 aromatic rings. The van der Waals surface area contributed by atoms with E-state index in [1.54, 1.807) is 43.3 Å². The van der Waals surface area contributed by atoms with Crippen molar-refractivity contribution in [3.63, 3.8) is 0 Å². The number of carboxylic acid groups (broad SMARTS) is 1. The van der Waals surface area contributed by atoms with E-state index in [0.717, 1.165) is 35.5 Å². The fraction of sp³-hybridized carbons (Fsp3) is 0.333. The van der Waals surface area contributed by atoms with Gasteiger partial charge in [-0.2, -0.15) is 4.72 Å². The molecule has 0 saturated carbocycles. The number of aliphatic carboxylic acids is 1. The van der Waals surface area contributed by atoms with Gasteiger partial charge in [0.1, 0.15) is 21.2 Å². The van der Waals surface area contributed by atoms with Gasteiger partial charge in [-0.1, -0.05) is 49.3 Å². The lowest BCUT2D eigenvalue weighted by Gasteiger charge is -2.32. The van der Waals surface area contributed by atoms with E-state index in [1.807, 2.05) is 13.0 Å². The van der Waals surface area contributed by atoms with Gasteiger partial charge in [-0.3, -0.25) is 4.79 Å². The maximum Gasteiger partial charge on any atom is 0.325 e. The summed E-state index contributed by atoms with van der Waals surface area (Å²) >= 11 is 1.02. The Bertz CT molecular complexity index is 1120. The maximum absolute atomic E-state index is 13.0. The largest absolute Gasteiger partial charge is 0.480 e. The Balaban J connectivity index is 1.88. The molecule has 0 aliphatic heterocycles. The zero-order chi connectivity index (χ0) is 21.9. The summed E-state index contributed by atoms with van der Waals surface area (Å²) in [6.45, 7) is 5.10. The zero-order valence-electron chi connectivity index (χ0n) is 17.0. The van der Waals surface area contributed by atoms with Crippen molar-refractivity contribution >= 4 is 27.3 Å². The molecule has 0 radical (unpaired) electrons. The summed E-state index contributed by atoms with van der Waals surface area (Å²) in [6.07, 6.45) is 1.66. The Kier molecular flexibility index (Phi) is 6.44. The van der Waals surface area contributed by atoms with Gasteiger partial charge in [-0.25, -0.2) is 8.42 Å². The van der Waals surface area contributed by atoms with Crippen LogP contribution in [0.4, 0.5) is 0 Å². The average Bonchev–Trinajstić information content (AvgIpc) is 3.37. The Morgan fingerprint density at radius 2 is 1.97 bits per heavy atom. The molecule has 2 aromatic heterocycles. The molecule has 2 N–H and O–H groups in total. The lowest BCUT2D eigenvalue weighted by molar-refractivity contribution is -0.144. The quantitative estimate of drug-likeness (QED) is 0.506. The number of aromatic nitrogens is 1. The van der Waals surface area contributed by atoms with Gasteiger partial charge in [-0.05, 0) is 31.0 Å². The molecule has 3 rings (SSSR count). The first kappa shape index (κ1) is 22.2. The highest BCUT2D eigenvalue weighted by Gasteiger charge is 2.43. The summed E-state index contributed by atoms with van der Waals surface area (Å²) in [7, 11) is -4.08. The molecule has 0 aliphatic carbocycles. The van der Waals surface area contributed by atoms with Crippen molar-refractivity contribution in [2.45, 2.75) is 49.3 Å². The van der Waals surface area contributed by atoms with Crippen molar-refractivity contribution in [2.75, 3.05) is 0 Å². The second-order valence-electron chi connectivity index (χ2n) is 7.29. The molecule has 160 valence electrons. The molecule has 0 bridgehead atoms. The molecule has 2 heterocycles. The molecule has 30 heavy (non-hydrogen) atoms. The van der Waals surface area contributed by atoms with Crippen LogP contribution in [0, 0.1) is 0 Å². The van der Waals surface area contributed by atoms with Crippen LogP contribution in [0.3, 0.4) is 0 Å². The van der Waals surface area contributed by atoms with Gasteiger partial charge in [0.25, 0.3) is 10.0 Å². The third-order valence-electron chi connectivity index (χ3n) is 5.11. The number of hydrogen-bond acceptors (Lipinski definition) is 6. The minimum atomic E-state index is -4.08. The molecule has 9 heteroatoms. The summed E-state index contributed by atoms with van der Waals surface area (Å²) in [5, 5.41) is 13.9. The molecule has 1 aromatic carbocycles. The summed E-state index contributed by atoms with van der Waals surface area (Å²) < 4.78 is 33.8. The van der Waals surface area contributed by atoms with E-state index in [9.17, 15) is 18.3 Å². The van der Waals surface area contributed by atoms with Crippen LogP contribution < -0.4 is 4.72 Å². The molecule has 0 aliphatic rings. The summed E-state index contributed by atoms with van der Waals surface area (Å²) in [5.41, 5.74) is -0.446. The van der Waals surface area contributed by atoms with E-state index in [1.165, 1.54) is 13.0 Å². The molecule has 0 saturated heterocycles. The summed E-state index contributed by atoms with van der Waals surface area (Å²) in [4.78, 5) is 12.7. The van der Waals surface area contributed by atoms with Crippen molar-refractivity contribution in [2.24, 2.45) is 0 Å². The van der Waals surface area contributed by atoms with Gasteiger partial charge in [0, 0.05) is 18.4 Å². The number of aryl methyl sites for hydroxylation is 1. The summed E-state index contributed by atoms with van der Waals surface area (Å²) in [6, 6.07) is 13.8. The Labute approximate surface area is 179 Å². The molecule has 1 unspecified atom stereocenters.